The summed E-state index contributed by atoms with van der Waals surface area (Å²) in [7, 11) is 0. The lowest BCUT2D eigenvalue weighted by molar-refractivity contribution is -0.142. The van der Waals surface area contributed by atoms with Crippen LogP contribution in [0.4, 0.5) is 0 Å². The number of ketones is 4. The fourth-order valence-electron chi connectivity index (χ4n) is 5.41. The molecule has 0 saturated carbocycles. The Labute approximate surface area is 254 Å². The van der Waals surface area contributed by atoms with Gasteiger partial charge in [0.15, 0.2) is 17.3 Å². The molecule has 0 aromatic heterocycles. The van der Waals surface area contributed by atoms with Crippen LogP contribution < -0.4 is 5.32 Å². The minimum atomic E-state index is -0.914. The number of likely N-dealkylation sites (tertiary alicyclic amines) is 1. The molecule has 230 valence electrons. The number of nitrogens with one attached hydrogen (secondary N) is 1. The minimum absolute atomic E-state index is 0.0136. The molecule has 1 aliphatic heterocycles. The number of benzene rings is 2. The molecule has 0 spiro atoms. The van der Waals surface area contributed by atoms with Crippen molar-refractivity contribution in [1.29, 1.82) is 0 Å². The van der Waals surface area contributed by atoms with Crippen LogP contribution in [0.15, 0.2) is 60.7 Å². The van der Waals surface area contributed by atoms with Crippen molar-refractivity contribution in [3.05, 3.63) is 71.8 Å². The van der Waals surface area contributed by atoms with E-state index in [1.807, 2.05) is 36.4 Å². The number of rotatable bonds is 16. The second-order valence-corrected chi connectivity index (χ2v) is 11.9. The Morgan fingerprint density at radius 2 is 1.37 bits per heavy atom. The van der Waals surface area contributed by atoms with Crippen molar-refractivity contribution >= 4 is 34.9 Å². The number of hydrogen-bond acceptors (Lipinski definition) is 6. The van der Waals surface area contributed by atoms with Gasteiger partial charge in [0.05, 0.1) is 6.04 Å². The van der Waals surface area contributed by atoms with Crippen LogP contribution in [0, 0.1) is 17.8 Å². The Hall–Kier alpha value is -3.94. The monoisotopic (exact) mass is 588 g/mol. The molecule has 1 saturated heterocycles. The molecule has 0 bridgehead atoms. The van der Waals surface area contributed by atoms with Crippen LogP contribution >= 0.6 is 0 Å². The topological polar surface area (TPSA) is 118 Å². The van der Waals surface area contributed by atoms with Crippen molar-refractivity contribution in [2.45, 2.75) is 78.2 Å². The molecule has 0 unspecified atom stereocenters. The van der Waals surface area contributed by atoms with Gasteiger partial charge in [-0.15, -0.1) is 0 Å². The molecule has 8 nitrogen and oxygen atoms in total. The fraction of sp³-hybridized carbons (Fsp3) is 0.486. The van der Waals surface area contributed by atoms with Crippen molar-refractivity contribution in [2.24, 2.45) is 17.8 Å². The highest BCUT2D eigenvalue weighted by Crippen LogP contribution is 2.21. The first-order chi connectivity index (χ1) is 20.6. The van der Waals surface area contributed by atoms with Crippen molar-refractivity contribution < 1.29 is 28.8 Å². The Morgan fingerprint density at radius 3 is 1.98 bits per heavy atom. The Morgan fingerprint density at radius 1 is 0.767 bits per heavy atom. The van der Waals surface area contributed by atoms with Gasteiger partial charge in [-0.05, 0) is 44.1 Å². The van der Waals surface area contributed by atoms with Crippen LogP contribution in [0.2, 0.25) is 0 Å². The Balaban J connectivity index is 1.60. The first-order valence-electron chi connectivity index (χ1n) is 15.4. The molecule has 2 amide bonds. The van der Waals surface area contributed by atoms with Gasteiger partial charge in [0, 0.05) is 56.2 Å². The largest absolute Gasteiger partial charge is 0.346 e. The van der Waals surface area contributed by atoms with Gasteiger partial charge in [0.25, 0.3) is 0 Å². The van der Waals surface area contributed by atoms with Crippen LogP contribution in [0.5, 0.6) is 0 Å². The van der Waals surface area contributed by atoms with E-state index in [0.717, 1.165) is 24.8 Å². The number of amides is 2. The molecule has 8 heteroatoms. The molecule has 0 aliphatic carbocycles. The highest BCUT2D eigenvalue weighted by molar-refractivity contribution is 6.38. The lowest BCUT2D eigenvalue weighted by Gasteiger charge is -2.26. The molecule has 2 aromatic carbocycles. The molecule has 43 heavy (non-hydrogen) atoms. The third-order valence-electron chi connectivity index (χ3n) is 8.18. The Kier molecular flexibility index (Phi) is 13.0. The quantitative estimate of drug-likeness (QED) is 0.223. The van der Waals surface area contributed by atoms with Crippen LogP contribution in [0.3, 0.4) is 0 Å². The number of hydrogen-bond donors (Lipinski definition) is 1. The first-order valence-corrected chi connectivity index (χ1v) is 15.4. The molecule has 3 rings (SSSR count). The summed E-state index contributed by atoms with van der Waals surface area (Å²) in [6, 6.07) is 17.2. The summed E-state index contributed by atoms with van der Waals surface area (Å²) >= 11 is 0. The normalized spacial score (nSPS) is 15.3. The summed E-state index contributed by atoms with van der Waals surface area (Å²) in [5, 5.41) is 2.76. The number of nitrogens with zero attached hydrogens (tertiary/aromatic N) is 1. The lowest BCUT2D eigenvalue weighted by Crippen LogP contribution is -2.44. The van der Waals surface area contributed by atoms with E-state index in [-0.39, 0.29) is 49.1 Å². The fourth-order valence-corrected chi connectivity index (χ4v) is 5.41. The van der Waals surface area contributed by atoms with E-state index in [1.165, 1.54) is 0 Å². The molecule has 1 heterocycles. The van der Waals surface area contributed by atoms with Gasteiger partial charge >= 0.3 is 0 Å². The van der Waals surface area contributed by atoms with E-state index in [0.29, 0.717) is 25.1 Å². The minimum Gasteiger partial charge on any atom is -0.346 e. The van der Waals surface area contributed by atoms with Gasteiger partial charge in [-0.2, -0.15) is 0 Å². The van der Waals surface area contributed by atoms with Crippen molar-refractivity contribution in [3.8, 4) is 0 Å². The smallest absolute Gasteiger partial charge is 0.224 e. The maximum Gasteiger partial charge on any atom is 0.224 e. The van der Waals surface area contributed by atoms with Crippen molar-refractivity contribution in [2.75, 3.05) is 13.1 Å². The number of piperidine rings is 1. The average Bonchev–Trinajstić information content (AvgIpc) is 3.02. The standard InChI is InChI=1S/C35H44N2O6/c1-24(2)29(34(42)30(38)17-18-33(41)37-19-11-6-12-20-37)23-31(39)25(3)36-35(43)28(21-26-13-7-4-8-14-26)22-32(40)27-15-9-5-10-16-27/h4-5,7-10,13-16,24-25,28-29H,6,11-12,17-23H2,1-3H3,(H,36,43)/t25-,28+,29-/m0/s1. The number of Topliss-reactive ketones (excluding diaryl/α,β-unsaturated/α-hetero) is 4. The maximum absolute atomic E-state index is 13.4. The second kappa shape index (κ2) is 16.6. The van der Waals surface area contributed by atoms with E-state index in [2.05, 4.69) is 5.32 Å². The molecule has 1 aliphatic rings. The summed E-state index contributed by atoms with van der Waals surface area (Å²) in [6.45, 7) is 6.47. The van der Waals surface area contributed by atoms with Gasteiger partial charge in [-0.1, -0.05) is 74.5 Å². The lowest BCUT2D eigenvalue weighted by atomic mass is 9.83. The van der Waals surface area contributed by atoms with Crippen molar-refractivity contribution in [1.82, 2.24) is 10.2 Å². The van der Waals surface area contributed by atoms with E-state index in [1.54, 1.807) is 49.9 Å². The van der Waals surface area contributed by atoms with Crippen LogP contribution in [-0.4, -0.2) is 59.0 Å². The van der Waals surface area contributed by atoms with Crippen molar-refractivity contribution in [3.63, 3.8) is 0 Å². The molecule has 1 N–H and O–H groups in total. The predicted molar refractivity (Wildman–Crippen MR) is 164 cm³/mol. The zero-order valence-corrected chi connectivity index (χ0v) is 25.6. The van der Waals surface area contributed by atoms with Crippen LogP contribution in [0.25, 0.3) is 0 Å². The van der Waals surface area contributed by atoms with Gasteiger partial charge in [-0.25, -0.2) is 0 Å². The van der Waals surface area contributed by atoms with Gasteiger partial charge in [0.1, 0.15) is 0 Å². The number of carbonyl (C=O) groups excluding carboxylic acids is 6. The Bertz CT molecular complexity index is 1270. The highest BCUT2D eigenvalue weighted by Gasteiger charge is 2.33. The molecular weight excluding hydrogens is 544 g/mol. The maximum atomic E-state index is 13.4. The van der Waals surface area contributed by atoms with Crippen LogP contribution in [0.1, 0.15) is 81.6 Å². The zero-order valence-electron chi connectivity index (χ0n) is 25.6. The summed E-state index contributed by atoms with van der Waals surface area (Å²) in [4.78, 5) is 79.6. The molecule has 0 radical (unpaired) electrons. The number of carbonyl (C=O) groups is 6. The highest BCUT2D eigenvalue weighted by atomic mass is 16.2. The van der Waals surface area contributed by atoms with E-state index in [9.17, 15) is 28.8 Å². The van der Waals surface area contributed by atoms with E-state index >= 15 is 0 Å². The van der Waals surface area contributed by atoms with Crippen LogP contribution in [-0.2, 0) is 30.4 Å². The summed E-state index contributed by atoms with van der Waals surface area (Å²) in [5.41, 5.74) is 1.41. The zero-order chi connectivity index (χ0) is 31.4. The first kappa shape index (κ1) is 33.6. The average molecular weight is 589 g/mol. The van der Waals surface area contributed by atoms with Gasteiger partial charge in [0.2, 0.25) is 17.6 Å². The molecular formula is C35H44N2O6. The van der Waals surface area contributed by atoms with Gasteiger partial charge < -0.3 is 10.2 Å². The summed E-state index contributed by atoms with van der Waals surface area (Å²) < 4.78 is 0. The summed E-state index contributed by atoms with van der Waals surface area (Å²) in [5.74, 6) is -4.20. The second-order valence-electron chi connectivity index (χ2n) is 11.9. The molecule has 2 aromatic rings. The third kappa shape index (κ3) is 10.4. The third-order valence-corrected chi connectivity index (χ3v) is 8.18. The SMILES string of the molecule is CC(C)[C@H](CC(=O)[C@H](C)NC(=O)[C@@H](CC(=O)c1ccccc1)Cc1ccccc1)C(=O)C(=O)CCC(=O)N1CCCCC1. The molecule has 1 fully saturated rings. The molecule has 3 atom stereocenters. The van der Waals surface area contributed by atoms with Gasteiger partial charge in [-0.3, -0.25) is 28.8 Å². The predicted octanol–water partition coefficient (Wildman–Crippen LogP) is 4.79. The van der Waals surface area contributed by atoms with E-state index < -0.39 is 35.4 Å². The summed E-state index contributed by atoms with van der Waals surface area (Å²) in [6.07, 6.45) is 2.89. The van der Waals surface area contributed by atoms with E-state index in [4.69, 9.17) is 0 Å².